The van der Waals surface area contributed by atoms with Crippen LogP contribution in [0.1, 0.15) is 70.2 Å². The molecule has 1 aromatic rings. The van der Waals surface area contributed by atoms with E-state index in [9.17, 15) is 24.6 Å². The Morgan fingerprint density at radius 3 is 2.46 bits per heavy atom. The van der Waals surface area contributed by atoms with Crippen LogP contribution >= 0.6 is 0 Å². The van der Waals surface area contributed by atoms with Crippen LogP contribution in [0.25, 0.3) is 0 Å². The summed E-state index contributed by atoms with van der Waals surface area (Å²) in [5.74, 6) is -2.67. The number of carbonyl (C=O) groups excluding carboxylic acids is 3. The first-order chi connectivity index (χ1) is 23.8. The predicted molar refractivity (Wildman–Crippen MR) is 181 cm³/mol. The van der Waals surface area contributed by atoms with E-state index in [1.165, 1.54) is 6.92 Å². The quantitative estimate of drug-likeness (QED) is 0.293. The number of ether oxygens (including phenoxy) is 5. The van der Waals surface area contributed by atoms with Gasteiger partial charge in [0.15, 0.2) is 0 Å². The zero-order chi connectivity index (χ0) is 36.0. The first-order valence-electron chi connectivity index (χ1n) is 18.4. The molecule has 1 spiro atoms. The van der Waals surface area contributed by atoms with E-state index in [2.05, 4.69) is 17.1 Å². The summed E-state index contributed by atoms with van der Waals surface area (Å²) < 4.78 is 31.2. The number of hydrogen-bond donors (Lipinski definition) is 3. The summed E-state index contributed by atoms with van der Waals surface area (Å²) >= 11 is 0. The number of piperidine rings is 1. The number of likely N-dealkylation sites (tertiary alicyclic amines) is 1. The van der Waals surface area contributed by atoms with Crippen molar-refractivity contribution < 1.29 is 48.3 Å². The molecule has 12 heteroatoms. The largest absolute Gasteiger partial charge is 0.462 e. The van der Waals surface area contributed by atoms with E-state index in [1.807, 2.05) is 13.8 Å². The van der Waals surface area contributed by atoms with Gasteiger partial charge in [0.1, 0.15) is 17.3 Å². The molecule has 12 nitrogen and oxygen atoms in total. The first-order valence-corrected chi connectivity index (χ1v) is 18.4. The number of nitrogens with zero attached hydrogens (tertiary/aromatic N) is 1. The van der Waals surface area contributed by atoms with Gasteiger partial charge in [-0.1, -0.05) is 32.9 Å². The van der Waals surface area contributed by atoms with Gasteiger partial charge < -0.3 is 39.2 Å². The fourth-order valence-electron chi connectivity index (χ4n) is 12.5. The van der Waals surface area contributed by atoms with Crippen molar-refractivity contribution in [2.24, 2.45) is 40.4 Å². The summed E-state index contributed by atoms with van der Waals surface area (Å²) in [7, 11) is 4.91. The van der Waals surface area contributed by atoms with Crippen molar-refractivity contribution in [1.82, 2.24) is 4.90 Å². The predicted octanol–water partition coefficient (Wildman–Crippen LogP) is 3.04. The van der Waals surface area contributed by atoms with Crippen molar-refractivity contribution in [3.63, 3.8) is 0 Å². The van der Waals surface area contributed by atoms with Crippen LogP contribution < -0.4 is 5.32 Å². The molecule has 0 radical (unpaired) electrons. The fraction of sp³-hybridized carbons (Fsp3) is 0.763. The lowest BCUT2D eigenvalue weighted by atomic mass is 9.42. The Bertz CT molecular complexity index is 1520. The number of esters is 2. The Morgan fingerprint density at radius 2 is 1.82 bits per heavy atom. The van der Waals surface area contributed by atoms with E-state index in [-0.39, 0.29) is 54.3 Å². The maximum atomic E-state index is 14.0. The van der Waals surface area contributed by atoms with Crippen molar-refractivity contribution in [3.8, 4) is 0 Å². The second-order valence-corrected chi connectivity index (χ2v) is 16.0. The van der Waals surface area contributed by atoms with Crippen LogP contribution in [-0.4, -0.2) is 116 Å². The standard InChI is InChI=1S/C38H54N2O10/c1-8-20(3)32(42)39-25-13-11-10-12-22(25)33(43)49-19-35-15-14-27(47-6)37-24-16-23-26(46-5)17-36(44,28(24)29(23)50-21(4)41)38(45,31(48-7)30(35)37)34(37)40(9-2)18-35/h10-13,20,23-24,26-31,34,44-45H,8-9,14-19H2,1-7H3,(H,39,42)/t20?,23-,24-,26+,27+,28-,29+,30-,31+,34+,35+,36-,37+,38-/m1/s1. The summed E-state index contributed by atoms with van der Waals surface area (Å²) in [6.45, 7) is 8.37. The number of hydrogen-bond acceptors (Lipinski definition) is 11. The Hall–Kier alpha value is -2.61. The van der Waals surface area contributed by atoms with Crippen molar-refractivity contribution in [2.45, 2.75) is 101 Å². The van der Waals surface area contributed by atoms with Crippen molar-refractivity contribution >= 4 is 23.5 Å². The van der Waals surface area contributed by atoms with Crippen LogP contribution in [-0.2, 0) is 33.3 Å². The minimum atomic E-state index is -1.78. The van der Waals surface area contributed by atoms with Gasteiger partial charge in [-0.2, -0.15) is 0 Å². The maximum absolute atomic E-state index is 14.0. The Morgan fingerprint density at radius 1 is 1.08 bits per heavy atom. The molecule has 6 fully saturated rings. The third-order valence-corrected chi connectivity index (χ3v) is 14.3. The van der Waals surface area contributed by atoms with Gasteiger partial charge in [-0.25, -0.2) is 4.79 Å². The van der Waals surface area contributed by atoms with Crippen LogP contribution in [0.5, 0.6) is 0 Å². The van der Waals surface area contributed by atoms with Crippen molar-refractivity contribution in [1.29, 1.82) is 0 Å². The highest BCUT2D eigenvalue weighted by Crippen LogP contribution is 2.80. The number of likely N-dealkylation sites (N-methyl/N-ethyl adjacent to an activating group) is 1. The van der Waals surface area contributed by atoms with E-state index in [1.54, 1.807) is 45.6 Å². The van der Waals surface area contributed by atoms with Gasteiger partial charge in [0.05, 0.1) is 42.2 Å². The lowest BCUT2D eigenvalue weighted by Crippen LogP contribution is -2.82. The lowest BCUT2D eigenvalue weighted by molar-refractivity contribution is -0.319. The number of anilines is 1. The van der Waals surface area contributed by atoms with E-state index in [4.69, 9.17) is 23.7 Å². The molecule has 1 aromatic carbocycles. The van der Waals surface area contributed by atoms with Gasteiger partial charge in [0.2, 0.25) is 5.91 Å². The molecular weight excluding hydrogens is 644 g/mol. The zero-order valence-corrected chi connectivity index (χ0v) is 30.3. The van der Waals surface area contributed by atoms with Gasteiger partial charge in [0, 0.05) is 75.7 Å². The number of amides is 1. The molecule has 7 bridgehead atoms. The van der Waals surface area contributed by atoms with E-state index < -0.39 is 64.2 Å². The zero-order valence-electron chi connectivity index (χ0n) is 30.3. The van der Waals surface area contributed by atoms with Gasteiger partial charge >= 0.3 is 11.9 Å². The highest BCUT2D eigenvalue weighted by atomic mass is 16.6. The first kappa shape index (κ1) is 35.8. The minimum Gasteiger partial charge on any atom is -0.462 e. The number of carbonyl (C=O) groups is 3. The van der Waals surface area contributed by atoms with Crippen molar-refractivity contribution in [2.75, 3.05) is 46.3 Å². The second-order valence-electron chi connectivity index (χ2n) is 16.0. The Labute approximate surface area is 294 Å². The number of benzene rings is 1. The SMILES string of the molecule is CCC(C)C(=O)Nc1ccccc1C(=O)OC[C@@]12CC[C@H](OC)[C@@]34[C@@H]5C[C@H]6[C@H](OC(C)=O)[C@@H]5[C@](O)(C[C@@H]6OC)[C@@](O)([C@@H](OC)[C@H]13)[C@H]4N(CC)C2. The molecule has 14 atom stereocenters. The highest BCUT2D eigenvalue weighted by Gasteiger charge is 2.92. The van der Waals surface area contributed by atoms with Gasteiger partial charge in [-0.3, -0.25) is 14.5 Å². The average Bonchev–Trinajstić information content (AvgIpc) is 3.49. The fourth-order valence-corrected chi connectivity index (χ4v) is 12.5. The maximum Gasteiger partial charge on any atom is 0.340 e. The van der Waals surface area contributed by atoms with Crippen molar-refractivity contribution in [3.05, 3.63) is 29.8 Å². The molecule has 1 aliphatic heterocycles. The number of aliphatic hydroxyl groups is 2. The van der Waals surface area contributed by atoms with Gasteiger partial charge in [-0.05, 0) is 50.3 Å². The average molecular weight is 699 g/mol. The molecule has 1 amide bonds. The minimum absolute atomic E-state index is 0.0504. The number of fused-ring (bicyclic) bond motifs is 2. The summed E-state index contributed by atoms with van der Waals surface area (Å²) in [4.78, 5) is 41.6. The summed E-state index contributed by atoms with van der Waals surface area (Å²) in [5.41, 5.74) is -4.21. The van der Waals surface area contributed by atoms with E-state index >= 15 is 0 Å². The van der Waals surface area contributed by atoms with E-state index in [0.717, 1.165) is 0 Å². The van der Waals surface area contributed by atoms with Crippen LogP contribution in [0.4, 0.5) is 5.69 Å². The lowest BCUT2D eigenvalue weighted by Gasteiger charge is -2.70. The molecule has 276 valence electrons. The molecule has 6 aliphatic rings. The Balaban J connectivity index is 1.33. The van der Waals surface area contributed by atoms with E-state index in [0.29, 0.717) is 44.5 Å². The third-order valence-electron chi connectivity index (χ3n) is 14.3. The molecule has 1 saturated heterocycles. The number of methoxy groups -OCH3 is 3. The van der Waals surface area contributed by atoms with Crippen LogP contribution in [0.15, 0.2) is 24.3 Å². The van der Waals surface area contributed by atoms with Crippen LogP contribution in [0.3, 0.4) is 0 Å². The molecular formula is C38H54N2O10. The number of nitrogens with one attached hydrogen (secondary N) is 1. The smallest absolute Gasteiger partial charge is 0.340 e. The highest BCUT2D eigenvalue weighted by molar-refractivity contribution is 6.01. The van der Waals surface area contributed by atoms with Crippen LogP contribution in [0, 0.1) is 40.4 Å². The number of rotatable bonds is 11. The summed E-state index contributed by atoms with van der Waals surface area (Å²) in [6, 6.07) is 6.35. The molecule has 7 rings (SSSR count). The topological polar surface area (TPSA) is 153 Å². The molecule has 5 saturated carbocycles. The Kier molecular flexibility index (Phi) is 8.96. The molecule has 0 aromatic heterocycles. The normalized spacial score (nSPS) is 44.4. The molecule has 1 heterocycles. The third kappa shape index (κ3) is 4.47. The van der Waals surface area contributed by atoms with Gasteiger partial charge in [-0.15, -0.1) is 0 Å². The number of para-hydroxylation sites is 1. The van der Waals surface area contributed by atoms with Gasteiger partial charge in [0.25, 0.3) is 0 Å². The monoisotopic (exact) mass is 698 g/mol. The summed E-state index contributed by atoms with van der Waals surface area (Å²) in [6.07, 6.45) is 0.546. The molecule has 3 N–H and O–H groups in total. The summed E-state index contributed by atoms with van der Waals surface area (Å²) in [5, 5.41) is 29.6. The van der Waals surface area contributed by atoms with Crippen LogP contribution in [0.2, 0.25) is 0 Å². The molecule has 50 heavy (non-hydrogen) atoms. The molecule has 1 unspecified atom stereocenters. The second kappa shape index (κ2) is 12.5. The molecule has 5 aliphatic carbocycles.